The lowest BCUT2D eigenvalue weighted by molar-refractivity contribution is 0.287. The SMILES string of the molecule is Cc1ccc(S(=O)(=O)OC[C@@H]2C[C@H]2C[18F])cc1. The minimum atomic E-state index is -3.69. The monoisotopic (exact) mass is 257 g/mol. The fourth-order valence-corrected chi connectivity index (χ4v) is 2.61. The van der Waals surface area contributed by atoms with Crippen molar-refractivity contribution in [3.8, 4) is 0 Å². The van der Waals surface area contributed by atoms with Gasteiger partial charge in [-0.05, 0) is 37.3 Å². The summed E-state index contributed by atoms with van der Waals surface area (Å²) in [6.07, 6.45) is 0.722. The van der Waals surface area contributed by atoms with E-state index < -0.39 is 16.8 Å². The van der Waals surface area contributed by atoms with Gasteiger partial charge in [0.2, 0.25) is 0 Å². The van der Waals surface area contributed by atoms with Crippen LogP contribution in [0.25, 0.3) is 0 Å². The second kappa shape index (κ2) is 4.74. The van der Waals surface area contributed by atoms with E-state index in [1.807, 2.05) is 6.92 Å². The van der Waals surface area contributed by atoms with Crippen LogP contribution in [-0.2, 0) is 14.3 Å². The van der Waals surface area contributed by atoms with Crippen molar-refractivity contribution in [3.05, 3.63) is 29.8 Å². The predicted molar refractivity (Wildman–Crippen MR) is 61.9 cm³/mol. The number of aryl methyl sites for hydroxylation is 1. The van der Waals surface area contributed by atoms with E-state index in [1.165, 1.54) is 12.1 Å². The summed E-state index contributed by atoms with van der Waals surface area (Å²) >= 11 is 0. The highest BCUT2D eigenvalue weighted by Gasteiger charge is 2.38. The summed E-state index contributed by atoms with van der Waals surface area (Å²) in [5.41, 5.74) is 0.989. The Morgan fingerprint density at radius 2 is 1.94 bits per heavy atom. The molecule has 2 rings (SSSR count). The lowest BCUT2D eigenvalue weighted by Crippen LogP contribution is -2.09. The molecule has 2 atom stereocenters. The normalized spacial score (nSPS) is 23.6. The van der Waals surface area contributed by atoms with Crippen LogP contribution < -0.4 is 0 Å². The molecule has 0 unspecified atom stereocenters. The van der Waals surface area contributed by atoms with Gasteiger partial charge in [-0.2, -0.15) is 8.42 Å². The Balaban J connectivity index is 1.97. The van der Waals surface area contributed by atoms with Crippen molar-refractivity contribution in [2.75, 3.05) is 13.3 Å². The highest BCUT2D eigenvalue weighted by molar-refractivity contribution is 7.86. The number of rotatable bonds is 5. The Morgan fingerprint density at radius 3 is 2.47 bits per heavy atom. The minimum absolute atomic E-state index is 0.0109. The third-order valence-corrected chi connectivity index (χ3v) is 4.31. The number of alkyl halides is 1. The van der Waals surface area contributed by atoms with E-state index in [0.29, 0.717) is 0 Å². The van der Waals surface area contributed by atoms with Crippen molar-refractivity contribution < 1.29 is 17.0 Å². The van der Waals surface area contributed by atoms with Crippen molar-refractivity contribution in [3.63, 3.8) is 0 Å². The van der Waals surface area contributed by atoms with Gasteiger partial charge in [0.05, 0.1) is 18.2 Å². The lowest BCUT2D eigenvalue weighted by Gasteiger charge is -2.05. The quantitative estimate of drug-likeness (QED) is 0.760. The molecule has 3 nitrogen and oxygen atoms in total. The Labute approximate surface area is 101 Å². The van der Waals surface area contributed by atoms with E-state index in [0.717, 1.165) is 12.0 Å². The van der Waals surface area contributed by atoms with Gasteiger partial charge in [0.25, 0.3) is 10.1 Å². The van der Waals surface area contributed by atoms with Gasteiger partial charge in [0, 0.05) is 0 Å². The van der Waals surface area contributed by atoms with E-state index in [-0.39, 0.29) is 23.3 Å². The van der Waals surface area contributed by atoms with Gasteiger partial charge in [-0.25, -0.2) is 0 Å². The molecule has 1 aliphatic carbocycles. The van der Waals surface area contributed by atoms with Crippen LogP contribution in [0.2, 0.25) is 0 Å². The van der Waals surface area contributed by atoms with E-state index in [1.54, 1.807) is 12.1 Å². The molecule has 0 saturated heterocycles. The van der Waals surface area contributed by atoms with Crippen molar-refractivity contribution in [2.24, 2.45) is 11.8 Å². The van der Waals surface area contributed by atoms with Crippen LogP contribution in [0.4, 0.5) is 4.39 Å². The molecule has 0 amide bonds. The summed E-state index contributed by atoms with van der Waals surface area (Å²) < 4.78 is 40.6. The van der Waals surface area contributed by atoms with Gasteiger partial charge in [0.15, 0.2) is 0 Å². The van der Waals surface area contributed by atoms with Crippen LogP contribution in [0.1, 0.15) is 12.0 Å². The Bertz CT molecular complexity index is 481. The summed E-state index contributed by atoms with van der Waals surface area (Å²) in [6.45, 7) is 1.58. The summed E-state index contributed by atoms with van der Waals surface area (Å²) in [6, 6.07) is 6.48. The van der Waals surface area contributed by atoms with E-state index >= 15 is 0 Å². The second-order valence-corrected chi connectivity index (χ2v) is 6.08. The van der Waals surface area contributed by atoms with Gasteiger partial charge in [-0.3, -0.25) is 8.57 Å². The van der Waals surface area contributed by atoms with E-state index in [4.69, 9.17) is 4.18 Å². The zero-order valence-electron chi connectivity index (χ0n) is 9.60. The molecule has 1 aliphatic rings. The standard InChI is InChI=1S/C12H15FO3S/c1-9-2-4-12(5-3-9)17(14,15)16-8-11-6-10(11)7-13/h2-5,10-11H,6-8H2,1H3/t10-,11-/m0/s1/i13-1. The maximum atomic E-state index is 12.2. The highest BCUT2D eigenvalue weighted by Crippen LogP contribution is 2.39. The van der Waals surface area contributed by atoms with Crippen molar-refractivity contribution >= 4 is 10.1 Å². The van der Waals surface area contributed by atoms with Gasteiger partial charge >= 0.3 is 0 Å². The van der Waals surface area contributed by atoms with Crippen molar-refractivity contribution in [2.45, 2.75) is 18.2 Å². The Morgan fingerprint density at radius 1 is 1.29 bits per heavy atom. The molecule has 0 N–H and O–H groups in total. The molecule has 0 spiro atoms. The highest BCUT2D eigenvalue weighted by atomic mass is 32.2. The Kier molecular flexibility index (Phi) is 3.49. The molecule has 0 heterocycles. The minimum Gasteiger partial charge on any atom is -0.266 e. The topological polar surface area (TPSA) is 43.4 Å². The van der Waals surface area contributed by atoms with Crippen molar-refractivity contribution in [1.29, 1.82) is 0 Å². The fraction of sp³-hybridized carbons (Fsp3) is 0.500. The first-order valence-corrected chi connectivity index (χ1v) is 6.96. The third kappa shape index (κ3) is 3.04. The molecule has 1 aromatic carbocycles. The number of benzene rings is 1. The third-order valence-electron chi connectivity index (χ3n) is 3.01. The molecule has 0 bridgehead atoms. The molecule has 5 heteroatoms. The van der Waals surface area contributed by atoms with Crippen LogP contribution in [-0.4, -0.2) is 21.7 Å². The zero-order chi connectivity index (χ0) is 12.5. The molecule has 0 aromatic heterocycles. The summed E-state index contributed by atoms with van der Waals surface area (Å²) in [7, 11) is -3.69. The molecule has 1 saturated carbocycles. The maximum Gasteiger partial charge on any atom is 0.296 e. The number of hydrogen-bond acceptors (Lipinski definition) is 3. The van der Waals surface area contributed by atoms with Crippen LogP contribution in [0, 0.1) is 18.8 Å². The number of hydrogen-bond donors (Lipinski definition) is 0. The van der Waals surface area contributed by atoms with Crippen LogP contribution in [0.5, 0.6) is 0 Å². The van der Waals surface area contributed by atoms with E-state index in [2.05, 4.69) is 0 Å². The first-order chi connectivity index (χ1) is 8.03. The predicted octanol–water partition coefficient (Wildman–Crippen LogP) is 2.31. The summed E-state index contributed by atoms with van der Waals surface area (Å²) in [5.74, 6) is 0.0449. The average molecular weight is 257 g/mol. The molecule has 1 fully saturated rings. The first kappa shape index (κ1) is 12.5. The van der Waals surface area contributed by atoms with Crippen molar-refractivity contribution in [1.82, 2.24) is 0 Å². The molecule has 17 heavy (non-hydrogen) atoms. The molecule has 94 valence electrons. The molecular weight excluding hydrogens is 242 g/mol. The summed E-state index contributed by atoms with van der Waals surface area (Å²) in [5, 5.41) is 0. The van der Waals surface area contributed by atoms with E-state index in [9.17, 15) is 12.8 Å². The average Bonchev–Trinajstić information content (AvgIpc) is 3.06. The summed E-state index contributed by atoms with van der Waals surface area (Å²) in [4.78, 5) is 0.153. The van der Waals surface area contributed by atoms with Gasteiger partial charge in [-0.15, -0.1) is 0 Å². The van der Waals surface area contributed by atoms with Gasteiger partial charge in [0.1, 0.15) is 0 Å². The second-order valence-electron chi connectivity index (χ2n) is 4.46. The van der Waals surface area contributed by atoms with Gasteiger partial charge < -0.3 is 0 Å². The van der Waals surface area contributed by atoms with Crippen LogP contribution in [0.15, 0.2) is 29.2 Å². The van der Waals surface area contributed by atoms with Gasteiger partial charge in [-0.1, -0.05) is 17.7 Å². The molecule has 0 radical (unpaired) electrons. The largest absolute Gasteiger partial charge is 0.296 e. The smallest absolute Gasteiger partial charge is 0.266 e. The fourth-order valence-electron chi connectivity index (χ4n) is 1.65. The Hall–Kier alpha value is -0.940. The van der Waals surface area contributed by atoms with Crippen LogP contribution >= 0.6 is 0 Å². The van der Waals surface area contributed by atoms with Crippen LogP contribution in [0.3, 0.4) is 0 Å². The molecule has 0 aliphatic heterocycles. The maximum absolute atomic E-state index is 12.2. The zero-order valence-corrected chi connectivity index (χ0v) is 10.4. The first-order valence-electron chi connectivity index (χ1n) is 5.55. The number of halogens is 1. The molecule has 1 aromatic rings. The lowest BCUT2D eigenvalue weighted by atomic mass is 10.2. The molecular formula is C12H15FO3S.